The summed E-state index contributed by atoms with van der Waals surface area (Å²) >= 11 is 2.62. The van der Waals surface area contributed by atoms with Crippen LogP contribution in [0, 0.1) is 33.5 Å². The summed E-state index contributed by atoms with van der Waals surface area (Å²) in [7, 11) is 0. The number of rotatable bonds is 0. The molecule has 16 heavy (non-hydrogen) atoms. The summed E-state index contributed by atoms with van der Waals surface area (Å²) in [4.78, 5) is 1.67. The largest absolute Gasteiger partial charge is 0.299 e. The van der Waals surface area contributed by atoms with Crippen LogP contribution in [0.1, 0.15) is 0 Å². The zero-order valence-electron chi connectivity index (χ0n) is 7.87. The molecule has 0 aromatic carbocycles. The van der Waals surface area contributed by atoms with E-state index in [1.807, 2.05) is 12.1 Å². The van der Waals surface area contributed by atoms with Gasteiger partial charge in [-0.05, 0) is 12.2 Å². The molecule has 2 rings (SSSR count). The summed E-state index contributed by atoms with van der Waals surface area (Å²) in [6.45, 7) is 0. The van der Waals surface area contributed by atoms with Crippen molar-refractivity contribution in [2.45, 2.75) is 0 Å². The average Bonchev–Trinajstić information content (AvgIpc) is 2.63. The van der Waals surface area contributed by atoms with Gasteiger partial charge in [-0.15, -0.1) is 0 Å². The first-order chi connectivity index (χ1) is 7.65. The maximum absolute atomic E-state index is 8.74. The fourth-order valence-corrected chi connectivity index (χ4v) is 3.57. The predicted octanol–water partition coefficient (Wildman–Crippen LogP) is 2.55. The van der Waals surface area contributed by atoms with Crippen LogP contribution in [-0.4, -0.2) is 11.4 Å². The normalized spacial score (nSPS) is 18.2. The van der Waals surface area contributed by atoms with Gasteiger partial charge in [0.1, 0.15) is 17.7 Å². The molecule has 0 atom stereocenters. The second kappa shape index (κ2) is 4.01. The Bertz CT molecular complexity index is 531. The lowest BCUT2D eigenvalue weighted by atomic mass is 10.1. The zero-order chi connectivity index (χ0) is 11.7. The van der Waals surface area contributed by atoms with Crippen molar-refractivity contribution in [3.8, 4) is 12.1 Å². The summed E-state index contributed by atoms with van der Waals surface area (Å²) in [5, 5.41) is 32.5. The number of thioether (sulfide) groups is 2. The van der Waals surface area contributed by atoms with Crippen molar-refractivity contribution in [2.75, 3.05) is 0 Å². The molecule has 2 N–H and O–H groups in total. The lowest BCUT2D eigenvalue weighted by Crippen LogP contribution is -2.10. The van der Waals surface area contributed by atoms with Crippen LogP contribution >= 0.6 is 23.5 Å². The number of hydrogen-bond donors (Lipinski definition) is 2. The minimum absolute atomic E-state index is 0.0873. The fourth-order valence-electron chi connectivity index (χ4n) is 1.16. The van der Waals surface area contributed by atoms with Gasteiger partial charge in [0, 0.05) is 9.81 Å². The number of nitriles is 2. The van der Waals surface area contributed by atoms with Crippen LogP contribution in [0.2, 0.25) is 0 Å². The van der Waals surface area contributed by atoms with Crippen LogP contribution in [-0.2, 0) is 0 Å². The number of hydrogen-bond acceptors (Lipinski definition) is 6. The van der Waals surface area contributed by atoms with Crippen LogP contribution in [0.15, 0.2) is 31.8 Å². The summed E-state index contributed by atoms with van der Waals surface area (Å²) in [6, 6.07) is 3.68. The third-order valence-electron chi connectivity index (χ3n) is 1.92. The maximum Gasteiger partial charge on any atom is 0.150 e. The van der Waals surface area contributed by atoms with Crippen LogP contribution in [0.25, 0.3) is 0 Å². The molecule has 0 spiro atoms. The van der Waals surface area contributed by atoms with Gasteiger partial charge >= 0.3 is 0 Å². The Kier molecular flexibility index (Phi) is 2.69. The highest BCUT2D eigenvalue weighted by atomic mass is 32.2. The minimum atomic E-state index is 0.0873. The third kappa shape index (κ3) is 1.69. The second-order valence-electron chi connectivity index (χ2n) is 2.93. The summed E-state index contributed by atoms with van der Waals surface area (Å²) in [5.74, 6) is 0. The molecule has 1 aliphatic heterocycles. The monoisotopic (exact) mass is 244 g/mol. The molecular weight excluding hydrogens is 240 g/mol. The van der Waals surface area contributed by atoms with Crippen molar-refractivity contribution in [2.24, 2.45) is 0 Å². The molecular formula is C10H4N4S2. The van der Waals surface area contributed by atoms with Gasteiger partial charge in [-0.2, -0.15) is 10.5 Å². The van der Waals surface area contributed by atoms with Gasteiger partial charge in [0.25, 0.3) is 0 Å². The Morgan fingerprint density at radius 2 is 1.44 bits per heavy atom. The van der Waals surface area contributed by atoms with Crippen molar-refractivity contribution in [1.82, 2.24) is 0 Å². The van der Waals surface area contributed by atoms with Crippen LogP contribution in [0.4, 0.5) is 0 Å². The second-order valence-corrected chi connectivity index (χ2v) is 5.30. The molecule has 4 nitrogen and oxygen atoms in total. The molecule has 1 fully saturated rings. The first-order valence-corrected chi connectivity index (χ1v) is 5.80. The molecule has 1 saturated heterocycles. The van der Waals surface area contributed by atoms with E-state index in [1.165, 1.54) is 23.5 Å². The Balaban J connectivity index is 2.45. The van der Waals surface area contributed by atoms with Crippen LogP contribution < -0.4 is 0 Å². The molecule has 0 radical (unpaired) electrons. The van der Waals surface area contributed by atoms with Gasteiger partial charge in [0.15, 0.2) is 0 Å². The molecule has 1 heterocycles. The van der Waals surface area contributed by atoms with Crippen molar-refractivity contribution in [3.63, 3.8) is 0 Å². The average molecular weight is 244 g/mol. The molecule has 6 heteroatoms. The van der Waals surface area contributed by atoms with E-state index in [9.17, 15) is 0 Å². The SMILES string of the molecule is N#CC(C#N)=C1SC2=CC(=N)C(=N)C=C2S1. The van der Waals surface area contributed by atoms with Crippen molar-refractivity contribution >= 4 is 34.9 Å². The van der Waals surface area contributed by atoms with Crippen molar-refractivity contribution in [1.29, 1.82) is 21.3 Å². The molecule has 0 aromatic rings. The van der Waals surface area contributed by atoms with Gasteiger partial charge in [0.05, 0.1) is 15.7 Å². The maximum atomic E-state index is 8.74. The van der Waals surface area contributed by atoms with E-state index in [1.54, 1.807) is 12.2 Å². The highest BCUT2D eigenvalue weighted by Gasteiger charge is 2.27. The van der Waals surface area contributed by atoms with Gasteiger partial charge in [-0.25, -0.2) is 0 Å². The van der Waals surface area contributed by atoms with E-state index in [0.717, 1.165) is 9.81 Å². The molecule has 0 bridgehead atoms. The summed E-state index contributed by atoms with van der Waals surface area (Å²) < 4.78 is 0.630. The molecule has 76 valence electrons. The van der Waals surface area contributed by atoms with E-state index in [-0.39, 0.29) is 17.0 Å². The number of fused-ring (bicyclic) bond motifs is 1. The summed E-state index contributed by atoms with van der Waals surface area (Å²) in [6.07, 6.45) is 3.18. The first-order valence-electron chi connectivity index (χ1n) is 4.17. The quantitative estimate of drug-likeness (QED) is 0.505. The molecule has 0 aromatic heterocycles. The topological polar surface area (TPSA) is 95.3 Å². The Hall–Kier alpha value is -1.76. The van der Waals surface area contributed by atoms with Gasteiger partial charge in [-0.3, -0.25) is 10.8 Å². The lowest BCUT2D eigenvalue weighted by molar-refractivity contribution is 1.47. The van der Waals surface area contributed by atoms with Crippen molar-refractivity contribution < 1.29 is 0 Å². The van der Waals surface area contributed by atoms with E-state index in [4.69, 9.17) is 21.3 Å². The molecule has 0 amide bonds. The lowest BCUT2D eigenvalue weighted by Gasteiger charge is -2.06. The molecule has 0 saturated carbocycles. The van der Waals surface area contributed by atoms with Gasteiger partial charge in [0.2, 0.25) is 0 Å². The highest BCUT2D eigenvalue weighted by molar-refractivity contribution is 8.29. The van der Waals surface area contributed by atoms with Crippen molar-refractivity contribution in [3.05, 3.63) is 31.8 Å². The number of allylic oxidation sites excluding steroid dienone is 3. The number of nitrogens with one attached hydrogen (secondary N) is 2. The minimum Gasteiger partial charge on any atom is -0.299 e. The Morgan fingerprint density at radius 1 is 1.00 bits per heavy atom. The van der Waals surface area contributed by atoms with Gasteiger partial charge in [-0.1, -0.05) is 23.5 Å². The van der Waals surface area contributed by atoms with Crippen LogP contribution in [0.3, 0.4) is 0 Å². The Morgan fingerprint density at radius 3 is 1.81 bits per heavy atom. The molecule has 2 aliphatic rings. The number of nitrogens with zero attached hydrogens (tertiary/aromatic N) is 2. The zero-order valence-corrected chi connectivity index (χ0v) is 9.50. The summed E-state index contributed by atoms with van der Waals surface area (Å²) in [5.41, 5.74) is 0.399. The third-order valence-corrected chi connectivity index (χ3v) is 4.44. The molecule has 1 aliphatic carbocycles. The standard InChI is InChI=1S/C10H4N4S2/c11-3-5(4-12)10-15-8-1-6(13)7(14)2-9(8)16-10/h1-2,13-14H. The Labute approximate surface area is 100 Å². The first kappa shape index (κ1) is 10.7. The fraction of sp³-hybridized carbons (Fsp3) is 0. The highest BCUT2D eigenvalue weighted by Crippen LogP contribution is 2.54. The van der Waals surface area contributed by atoms with Gasteiger partial charge < -0.3 is 0 Å². The predicted molar refractivity (Wildman–Crippen MR) is 65.1 cm³/mol. The van der Waals surface area contributed by atoms with E-state index in [0.29, 0.717) is 4.24 Å². The van der Waals surface area contributed by atoms with E-state index >= 15 is 0 Å². The van der Waals surface area contributed by atoms with Crippen LogP contribution in [0.5, 0.6) is 0 Å². The van der Waals surface area contributed by atoms with E-state index in [2.05, 4.69) is 0 Å². The van der Waals surface area contributed by atoms with E-state index < -0.39 is 0 Å². The smallest absolute Gasteiger partial charge is 0.150 e. The molecule has 0 unspecified atom stereocenters.